The van der Waals surface area contributed by atoms with Crippen molar-refractivity contribution in [1.29, 1.82) is 0 Å². The normalized spacial score (nSPS) is 12.2. The van der Waals surface area contributed by atoms with Gasteiger partial charge in [-0.25, -0.2) is 0 Å². The summed E-state index contributed by atoms with van der Waals surface area (Å²) in [4.78, 5) is 38.6. The Balaban J connectivity index is 1.02. The number of aryl methyl sites for hydroxylation is 2. The number of rotatable bonds is 20. The molecule has 2 N–H and O–H groups in total. The van der Waals surface area contributed by atoms with Gasteiger partial charge in [0.1, 0.15) is 5.75 Å². The molecule has 0 atom stereocenters. The van der Waals surface area contributed by atoms with Crippen LogP contribution in [0.3, 0.4) is 0 Å². The molecule has 1 radical (unpaired) electrons. The van der Waals surface area contributed by atoms with Crippen molar-refractivity contribution in [2.24, 2.45) is 0 Å². The van der Waals surface area contributed by atoms with E-state index in [9.17, 15) is 14.4 Å². The number of anilines is 2. The van der Waals surface area contributed by atoms with Gasteiger partial charge in [0.05, 0.1) is 47.1 Å². The Hall–Kier alpha value is -4.61. The number of nitrogens with one attached hydrogen (secondary N) is 2. The van der Waals surface area contributed by atoms with Crippen LogP contribution in [-0.4, -0.2) is 78.1 Å². The Bertz CT molecular complexity index is 1530. The van der Waals surface area contributed by atoms with Crippen molar-refractivity contribution < 1.29 is 38.1 Å². The predicted molar refractivity (Wildman–Crippen MR) is 189 cm³/mol. The molecule has 3 amide bonds. The average Bonchev–Trinajstić information content (AvgIpc) is 3.12. The Morgan fingerprint density at radius 1 is 0.878 bits per heavy atom. The number of nitrogens with zero attached hydrogens (tertiary/aromatic N) is 1. The van der Waals surface area contributed by atoms with Crippen LogP contribution < -0.4 is 29.7 Å². The van der Waals surface area contributed by atoms with Crippen molar-refractivity contribution in [3.63, 3.8) is 0 Å². The van der Waals surface area contributed by atoms with Gasteiger partial charge in [-0.1, -0.05) is 25.1 Å². The number of methoxy groups -OCH3 is 2. The van der Waals surface area contributed by atoms with Crippen LogP contribution >= 0.6 is 0 Å². The van der Waals surface area contributed by atoms with Crippen molar-refractivity contribution in [2.45, 2.75) is 45.4 Å². The number of hydrogen-bond acceptors (Lipinski definition) is 8. The fourth-order valence-electron chi connectivity index (χ4n) is 5.47. The second-order valence-electron chi connectivity index (χ2n) is 11.5. The Morgan fingerprint density at radius 3 is 2.49 bits per heavy atom. The maximum atomic E-state index is 12.4. The van der Waals surface area contributed by atoms with Gasteiger partial charge in [0.25, 0.3) is 5.91 Å². The summed E-state index contributed by atoms with van der Waals surface area (Å²) in [5.41, 5.74) is 4.90. The topological polar surface area (TPSA) is 125 Å². The molecule has 0 aromatic heterocycles. The molecule has 1 heterocycles. The van der Waals surface area contributed by atoms with E-state index < -0.39 is 0 Å². The highest BCUT2D eigenvalue weighted by Crippen LogP contribution is 2.31. The number of fused-ring (bicyclic) bond motifs is 1. The standard InChI is InChI=1S/C38H48N3O8/c1-4-38(44)41-19-7-11-30-26-32(14-15-33(30)41)49-27-37(43)39-18-21-48-23-22-47-20-17-36(42)40-31-12-6-10-28(24-31)8-5-9-29-13-16-34(45-2)35(25-29)46-3/h6,8,10,12-16,24-26H,4-5,7,9,11,17-23,27H2,1-3H3,(H,39,43)(H,40,42). The lowest BCUT2D eigenvalue weighted by Crippen LogP contribution is -2.35. The fourth-order valence-corrected chi connectivity index (χ4v) is 5.47. The zero-order chi connectivity index (χ0) is 34.8. The van der Waals surface area contributed by atoms with E-state index in [2.05, 4.69) is 17.1 Å². The highest BCUT2D eigenvalue weighted by Gasteiger charge is 2.21. The summed E-state index contributed by atoms with van der Waals surface area (Å²) < 4.78 is 27.4. The Morgan fingerprint density at radius 2 is 1.69 bits per heavy atom. The highest BCUT2D eigenvalue weighted by molar-refractivity contribution is 5.94. The zero-order valence-corrected chi connectivity index (χ0v) is 28.8. The van der Waals surface area contributed by atoms with Gasteiger partial charge < -0.3 is 39.2 Å². The molecule has 263 valence electrons. The van der Waals surface area contributed by atoms with E-state index in [0.717, 1.165) is 60.3 Å². The third kappa shape index (κ3) is 12.1. The van der Waals surface area contributed by atoms with E-state index >= 15 is 0 Å². The summed E-state index contributed by atoms with van der Waals surface area (Å²) >= 11 is 0. The van der Waals surface area contributed by atoms with Crippen molar-refractivity contribution >= 4 is 29.1 Å². The summed E-state index contributed by atoms with van der Waals surface area (Å²) in [5.74, 6) is 1.76. The van der Waals surface area contributed by atoms with E-state index in [1.54, 1.807) is 20.3 Å². The van der Waals surface area contributed by atoms with Crippen LogP contribution in [0.4, 0.5) is 11.4 Å². The van der Waals surface area contributed by atoms with Gasteiger partial charge in [0.2, 0.25) is 11.8 Å². The molecule has 49 heavy (non-hydrogen) atoms. The lowest BCUT2D eigenvalue weighted by molar-refractivity contribution is -0.123. The zero-order valence-electron chi connectivity index (χ0n) is 28.8. The number of carbonyl (C=O) groups is 3. The number of hydrogen-bond donors (Lipinski definition) is 2. The average molecular weight is 675 g/mol. The summed E-state index contributed by atoms with van der Waals surface area (Å²) in [7, 11) is 3.25. The number of benzene rings is 3. The van der Waals surface area contributed by atoms with Crippen LogP contribution in [0.1, 0.15) is 49.3 Å². The molecule has 11 heteroatoms. The molecule has 0 bridgehead atoms. The third-order valence-electron chi connectivity index (χ3n) is 7.99. The summed E-state index contributed by atoms with van der Waals surface area (Å²) in [6, 6.07) is 19.3. The third-order valence-corrected chi connectivity index (χ3v) is 7.99. The first kappa shape index (κ1) is 37.2. The van der Waals surface area contributed by atoms with Crippen LogP contribution in [0.5, 0.6) is 17.2 Å². The number of amides is 3. The highest BCUT2D eigenvalue weighted by atomic mass is 16.5. The van der Waals surface area contributed by atoms with Crippen molar-refractivity contribution in [2.75, 3.05) is 70.6 Å². The van der Waals surface area contributed by atoms with Crippen LogP contribution in [0.2, 0.25) is 0 Å². The predicted octanol–water partition coefficient (Wildman–Crippen LogP) is 5.14. The van der Waals surface area contributed by atoms with Crippen LogP contribution in [-0.2, 0) is 36.7 Å². The van der Waals surface area contributed by atoms with E-state index in [1.165, 1.54) is 0 Å². The quantitative estimate of drug-likeness (QED) is 0.158. The SMILES string of the molecule is CCC(=O)N1CCCc2cc(OCC(=O)NCCOCCOCCC(=O)Nc3cccc([CH]CCc4ccc(OC)c(OC)c4)c3)ccc21. The molecular formula is C38H48N3O8. The van der Waals surface area contributed by atoms with Gasteiger partial charge in [-0.05, 0) is 91.3 Å². The second kappa shape index (κ2) is 20.0. The Kier molecular flexibility index (Phi) is 15.2. The lowest BCUT2D eigenvalue weighted by Gasteiger charge is -2.29. The monoisotopic (exact) mass is 674 g/mol. The summed E-state index contributed by atoms with van der Waals surface area (Å²) in [6.07, 6.45) is 6.29. The molecule has 11 nitrogen and oxygen atoms in total. The minimum atomic E-state index is -0.246. The fraction of sp³-hybridized carbons (Fsp3) is 0.421. The van der Waals surface area contributed by atoms with E-state index in [1.807, 2.05) is 66.4 Å². The summed E-state index contributed by atoms with van der Waals surface area (Å²) in [5, 5.41) is 5.69. The van der Waals surface area contributed by atoms with Crippen LogP contribution in [0.25, 0.3) is 0 Å². The Labute approximate surface area is 289 Å². The smallest absolute Gasteiger partial charge is 0.258 e. The van der Waals surface area contributed by atoms with E-state index in [-0.39, 0.29) is 37.4 Å². The van der Waals surface area contributed by atoms with Crippen LogP contribution in [0, 0.1) is 6.42 Å². The van der Waals surface area contributed by atoms with Gasteiger partial charge in [-0.15, -0.1) is 0 Å². The molecule has 0 fully saturated rings. The maximum absolute atomic E-state index is 12.4. The van der Waals surface area contributed by atoms with E-state index in [4.69, 9.17) is 23.7 Å². The molecular weight excluding hydrogens is 626 g/mol. The molecule has 1 aliphatic rings. The van der Waals surface area contributed by atoms with Gasteiger partial charge in [-0.3, -0.25) is 14.4 Å². The summed E-state index contributed by atoms with van der Waals surface area (Å²) in [6.45, 7) is 4.13. The molecule has 3 aromatic carbocycles. The van der Waals surface area contributed by atoms with Crippen molar-refractivity contribution in [3.05, 3.63) is 83.8 Å². The maximum Gasteiger partial charge on any atom is 0.258 e. The first-order chi connectivity index (χ1) is 23.9. The van der Waals surface area contributed by atoms with Crippen molar-refractivity contribution in [1.82, 2.24) is 5.32 Å². The largest absolute Gasteiger partial charge is 0.493 e. The number of ether oxygens (including phenoxy) is 5. The molecule has 0 aliphatic carbocycles. The first-order valence-electron chi connectivity index (χ1n) is 16.8. The minimum absolute atomic E-state index is 0.106. The minimum Gasteiger partial charge on any atom is -0.493 e. The molecule has 1 aliphatic heterocycles. The van der Waals surface area contributed by atoms with E-state index in [0.29, 0.717) is 50.0 Å². The molecule has 0 saturated carbocycles. The molecule has 3 aromatic rings. The molecule has 0 unspecified atom stereocenters. The second-order valence-corrected chi connectivity index (χ2v) is 11.5. The molecule has 4 rings (SSSR count). The van der Waals surface area contributed by atoms with Gasteiger partial charge in [0.15, 0.2) is 18.1 Å². The first-order valence-corrected chi connectivity index (χ1v) is 16.8. The van der Waals surface area contributed by atoms with Gasteiger partial charge in [-0.2, -0.15) is 0 Å². The van der Waals surface area contributed by atoms with Gasteiger partial charge >= 0.3 is 0 Å². The van der Waals surface area contributed by atoms with Crippen LogP contribution in [0.15, 0.2) is 60.7 Å². The van der Waals surface area contributed by atoms with Gasteiger partial charge in [0, 0.05) is 30.9 Å². The van der Waals surface area contributed by atoms with Crippen molar-refractivity contribution in [3.8, 4) is 17.2 Å². The lowest BCUT2D eigenvalue weighted by atomic mass is 10.0. The molecule has 0 spiro atoms. The molecule has 0 saturated heterocycles. The number of carbonyl (C=O) groups excluding carboxylic acids is 3.